The number of ether oxygens (including phenoxy) is 1. The van der Waals surface area contributed by atoms with Gasteiger partial charge in [-0.1, -0.05) is 0 Å². The van der Waals surface area contributed by atoms with Crippen LogP contribution in [0, 0.1) is 0 Å². The third-order valence-corrected chi connectivity index (χ3v) is 1.59. The molecule has 1 aliphatic heterocycles. The highest BCUT2D eigenvalue weighted by molar-refractivity contribution is 5.96. The van der Waals surface area contributed by atoms with Gasteiger partial charge in [-0.05, 0) is 26.0 Å². The van der Waals surface area contributed by atoms with Gasteiger partial charge in [0, 0.05) is 0 Å². The number of ketones is 2. The normalized spacial score (nSPS) is 30.5. The standard InChI is InChI=1S/C8H10O3/c1-5(9)8-4-3-7(10)6(2)11-8/h3-4,6,8H,1-2H3. The molecule has 2 atom stereocenters. The maximum atomic E-state index is 10.8. The van der Waals surface area contributed by atoms with Crippen LogP contribution in [0.1, 0.15) is 13.8 Å². The Morgan fingerprint density at radius 3 is 2.73 bits per heavy atom. The number of carbonyl (C=O) groups is 2. The van der Waals surface area contributed by atoms with Crippen molar-refractivity contribution in [1.82, 2.24) is 0 Å². The van der Waals surface area contributed by atoms with Gasteiger partial charge in [0.25, 0.3) is 0 Å². The van der Waals surface area contributed by atoms with E-state index in [4.69, 9.17) is 4.74 Å². The molecule has 2 unspecified atom stereocenters. The quantitative estimate of drug-likeness (QED) is 0.552. The fourth-order valence-corrected chi connectivity index (χ4v) is 0.881. The van der Waals surface area contributed by atoms with E-state index >= 15 is 0 Å². The number of Topliss-reactive ketones (excluding diaryl/α,β-unsaturated/α-hetero) is 1. The van der Waals surface area contributed by atoms with E-state index in [9.17, 15) is 9.59 Å². The van der Waals surface area contributed by atoms with Crippen LogP contribution >= 0.6 is 0 Å². The van der Waals surface area contributed by atoms with Gasteiger partial charge < -0.3 is 4.74 Å². The van der Waals surface area contributed by atoms with E-state index in [1.54, 1.807) is 6.92 Å². The van der Waals surface area contributed by atoms with Crippen LogP contribution in [0.5, 0.6) is 0 Å². The predicted molar refractivity (Wildman–Crippen MR) is 39.2 cm³/mol. The van der Waals surface area contributed by atoms with Crippen molar-refractivity contribution in [3.05, 3.63) is 12.2 Å². The highest BCUT2D eigenvalue weighted by Gasteiger charge is 2.23. The molecular weight excluding hydrogens is 144 g/mol. The maximum Gasteiger partial charge on any atom is 0.183 e. The van der Waals surface area contributed by atoms with E-state index in [1.807, 2.05) is 0 Å². The molecule has 1 heterocycles. The Bertz CT molecular complexity index is 217. The van der Waals surface area contributed by atoms with Gasteiger partial charge in [0.2, 0.25) is 0 Å². The summed E-state index contributed by atoms with van der Waals surface area (Å²) in [7, 11) is 0. The van der Waals surface area contributed by atoms with Crippen molar-refractivity contribution in [2.75, 3.05) is 0 Å². The van der Waals surface area contributed by atoms with Crippen molar-refractivity contribution in [3.8, 4) is 0 Å². The van der Waals surface area contributed by atoms with Crippen LogP contribution in [0.3, 0.4) is 0 Å². The zero-order valence-corrected chi connectivity index (χ0v) is 6.53. The van der Waals surface area contributed by atoms with Gasteiger partial charge in [0.1, 0.15) is 12.2 Å². The summed E-state index contributed by atoms with van der Waals surface area (Å²) >= 11 is 0. The second-order valence-electron chi connectivity index (χ2n) is 2.57. The van der Waals surface area contributed by atoms with E-state index < -0.39 is 12.2 Å². The molecule has 0 spiro atoms. The molecule has 0 saturated heterocycles. The summed E-state index contributed by atoms with van der Waals surface area (Å²) in [6, 6.07) is 0. The van der Waals surface area contributed by atoms with Gasteiger partial charge in [-0.3, -0.25) is 9.59 Å². The van der Waals surface area contributed by atoms with E-state index in [-0.39, 0.29) is 11.6 Å². The van der Waals surface area contributed by atoms with Crippen LogP contribution < -0.4 is 0 Å². The van der Waals surface area contributed by atoms with Crippen LogP contribution in [0.15, 0.2) is 12.2 Å². The molecule has 60 valence electrons. The molecule has 0 aromatic heterocycles. The highest BCUT2D eigenvalue weighted by Crippen LogP contribution is 2.09. The summed E-state index contributed by atoms with van der Waals surface area (Å²) in [6.07, 6.45) is 1.89. The molecule has 0 aliphatic carbocycles. The Balaban J connectivity index is 2.71. The van der Waals surface area contributed by atoms with Gasteiger partial charge in [-0.15, -0.1) is 0 Å². The Hall–Kier alpha value is -0.960. The molecule has 3 heteroatoms. The number of hydrogen-bond acceptors (Lipinski definition) is 3. The van der Waals surface area contributed by atoms with E-state index in [0.29, 0.717) is 0 Å². The van der Waals surface area contributed by atoms with Crippen molar-refractivity contribution >= 4 is 11.6 Å². The van der Waals surface area contributed by atoms with Crippen LogP contribution in [0.4, 0.5) is 0 Å². The first-order valence-electron chi connectivity index (χ1n) is 3.49. The lowest BCUT2D eigenvalue weighted by Crippen LogP contribution is -2.32. The Labute approximate surface area is 65.0 Å². The van der Waals surface area contributed by atoms with Gasteiger partial charge >= 0.3 is 0 Å². The first kappa shape index (κ1) is 8.14. The monoisotopic (exact) mass is 154 g/mol. The summed E-state index contributed by atoms with van der Waals surface area (Å²) in [6.45, 7) is 3.08. The third kappa shape index (κ3) is 1.74. The molecule has 0 aromatic carbocycles. The second kappa shape index (κ2) is 2.96. The summed E-state index contributed by atoms with van der Waals surface area (Å²) in [5.41, 5.74) is 0. The molecule has 11 heavy (non-hydrogen) atoms. The zero-order valence-electron chi connectivity index (χ0n) is 6.53. The highest BCUT2D eigenvalue weighted by atomic mass is 16.5. The van der Waals surface area contributed by atoms with Gasteiger partial charge in [-0.2, -0.15) is 0 Å². The van der Waals surface area contributed by atoms with Crippen molar-refractivity contribution < 1.29 is 14.3 Å². The van der Waals surface area contributed by atoms with Crippen molar-refractivity contribution in [3.63, 3.8) is 0 Å². The minimum atomic E-state index is -0.525. The topological polar surface area (TPSA) is 43.4 Å². The average molecular weight is 154 g/mol. The Morgan fingerprint density at radius 2 is 2.27 bits per heavy atom. The minimum absolute atomic E-state index is 0.0689. The first-order valence-corrected chi connectivity index (χ1v) is 3.49. The lowest BCUT2D eigenvalue weighted by molar-refractivity contribution is -0.137. The first-order chi connectivity index (χ1) is 5.11. The number of carbonyl (C=O) groups excluding carboxylic acids is 2. The number of rotatable bonds is 1. The molecule has 0 bridgehead atoms. The molecule has 0 fully saturated rings. The smallest absolute Gasteiger partial charge is 0.183 e. The lowest BCUT2D eigenvalue weighted by atomic mass is 10.1. The van der Waals surface area contributed by atoms with E-state index in [0.717, 1.165) is 0 Å². The van der Waals surface area contributed by atoms with Crippen LogP contribution in [0.25, 0.3) is 0 Å². The predicted octanol–water partition coefficient (Wildman–Crippen LogP) is 0.488. The largest absolute Gasteiger partial charge is 0.355 e. The molecule has 0 saturated carbocycles. The zero-order chi connectivity index (χ0) is 8.43. The summed E-state index contributed by atoms with van der Waals surface area (Å²) < 4.78 is 5.07. The fraction of sp³-hybridized carbons (Fsp3) is 0.500. The average Bonchev–Trinajstić information content (AvgIpc) is 1.94. The Kier molecular flexibility index (Phi) is 2.19. The SMILES string of the molecule is CC(=O)C1C=CC(=O)C(C)O1. The molecule has 1 rings (SSSR count). The Morgan fingerprint density at radius 1 is 1.64 bits per heavy atom. The van der Waals surface area contributed by atoms with Gasteiger partial charge in [0.05, 0.1) is 0 Å². The van der Waals surface area contributed by atoms with Crippen LogP contribution in [-0.2, 0) is 14.3 Å². The van der Waals surface area contributed by atoms with Crippen molar-refractivity contribution in [2.24, 2.45) is 0 Å². The van der Waals surface area contributed by atoms with Gasteiger partial charge in [0.15, 0.2) is 11.6 Å². The van der Waals surface area contributed by atoms with Crippen LogP contribution in [-0.4, -0.2) is 23.8 Å². The molecule has 0 aromatic rings. The number of hydrogen-bond donors (Lipinski definition) is 0. The maximum absolute atomic E-state index is 10.8. The van der Waals surface area contributed by atoms with Crippen molar-refractivity contribution in [1.29, 1.82) is 0 Å². The molecular formula is C8H10O3. The fourth-order valence-electron chi connectivity index (χ4n) is 0.881. The van der Waals surface area contributed by atoms with E-state index in [2.05, 4.69) is 0 Å². The lowest BCUT2D eigenvalue weighted by Gasteiger charge is -2.19. The summed E-state index contributed by atoms with van der Waals surface area (Å²) in [4.78, 5) is 21.6. The molecule has 0 amide bonds. The van der Waals surface area contributed by atoms with Crippen LogP contribution in [0.2, 0.25) is 0 Å². The van der Waals surface area contributed by atoms with Crippen molar-refractivity contribution in [2.45, 2.75) is 26.1 Å². The molecule has 3 nitrogen and oxygen atoms in total. The van der Waals surface area contributed by atoms with E-state index in [1.165, 1.54) is 19.1 Å². The second-order valence-corrected chi connectivity index (χ2v) is 2.57. The van der Waals surface area contributed by atoms with Gasteiger partial charge in [-0.25, -0.2) is 0 Å². The third-order valence-electron chi connectivity index (χ3n) is 1.59. The minimum Gasteiger partial charge on any atom is -0.355 e. The molecule has 0 N–H and O–H groups in total. The molecule has 0 radical (unpaired) electrons. The summed E-state index contributed by atoms with van der Waals surface area (Å²) in [5, 5.41) is 0. The summed E-state index contributed by atoms with van der Waals surface area (Å²) in [5.74, 6) is -0.150. The molecule has 1 aliphatic rings.